The van der Waals surface area contributed by atoms with Crippen LogP contribution in [0, 0.1) is 11.6 Å². The van der Waals surface area contributed by atoms with Crippen LogP contribution in [0.1, 0.15) is 12.0 Å². The Labute approximate surface area is 128 Å². The highest BCUT2D eigenvalue weighted by Crippen LogP contribution is 2.42. The van der Waals surface area contributed by atoms with E-state index in [2.05, 4.69) is 16.3 Å². The fourth-order valence-electron chi connectivity index (χ4n) is 3.74. The van der Waals surface area contributed by atoms with Crippen molar-refractivity contribution in [3.05, 3.63) is 53.6 Å². The first-order chi connectivity index (χ1) is 10.8. The number of halogens is 2. The van der Waals surface area contributed by atoms with Crippen molar-refractivity contribution < 1.29 is 8.78 Å². The fourth-order valence-corrected chi connectivity index (χ4v) is 3.74. The van der Waals surface area contributed by atoms with Crippen molar-refractivity contribution in [3.63, 3.8) is 0 Å². The molecule has 1 unspecified atom stereocenters. The van der Waals surface area contributed by atoms with E-state index in [0.29, 0.717) is 11.6 Å². The highest BCUT2D eigenvalue weighted by molar-refractivity contribution is 5.83. The molecule has 0 radical (unpaired) electrons. The number of hydrogen-bond acceptors (Lipinski definition) is 2. The molecule has 2 aliphatic rings. The molecule has 2 aromatic carbocycles. The number of benzene rings is 2. The lowest BCUT2D eigenvalue weighted by molar-refractivity contribution is 0.589. The monoisotopic (exact) mass is 300 g/mol. The van der Waals surface area contributed by atoms with E-state index in [1.54, 1.807) is 0 Å². The number of para-hydroxylation sites is 1. The minimum absolute atomic E-state index is 0.0946. The quantitative estimate of drug-likeness (QED) is 0.869. The van der Waals surface area contributed by atoms with Gasteiger partial charge in [0.15, 0.2) is 0 Å². The molecule has 1 atom stereocenters. The van der Waals surface area contributed by atoms with E-state index in [1.807, 2.05) is 12.1 Å². The third-order valence-electron chi connectivity index (χ3n) is 4.72. The van der Waals surface area contributed by atoms with Crippen molar-refractivity contribution in [1.82, 2.24) is 5.32 Å². The average molecular weight is 300 g/mol. The number of nitrogens with one attached hydrogen (secondary N) is 1. The summed E-state index contributed by atoms with van der Waals surface area (Å²) in [5, 5.41) is 3.40. The van der Waals surface area contributed by atoms with Gasteiger partial charge in [0.2, 0.25) is 0 Å². The largest absolute Gasteiger partial charge is 0.366 e. The van der Waals surface area contributed by atoms with Gasteiger partial charge in [-0.25, -0.2) is 8.78 Å². The highest BCUT2D eigenvalue weighted by Gasteiger charge is 2.33. The maximum absolute atomic E-state index is 14.2. The summed E-state index contributed by atoms with van der Waals surface area (Å²) in [7, 11) is 0. The summed E-state index contributed by atoms with van der Waals surface area (Å²) in [6.07, 6.45) is 2.02. The standard InChI is InChI=1S/C18H18F2N2/c19-15-5-2-6-16(20)17(15)14-4-1-3-12-11-13-7-8-21-9-10-22(13)18(12)14/h1-6,13,21H,7-11H2. The minimum Gasteiger partial charge on any atom is -0.366 e. The molecule has 0 amide bonds. The van der Waals surface area contributed by atoms with Gasteiger partial charge in [-0.3, -0.25) is 0 Å². The van der Waals surface area contributed by atoms with E-state index in [9.17, 15) is 8.78 Å². The molecule has 2 aromatic rings. The SMILES string of the molecule is Fc1cccc(F)c1-c1cccc2c1N1CCNCCC1C2. The zero-order valence-corrected chi connectivity index (χ0v) is 12.3. The van der Waals surface area contributed by atoms with Crippen LogP contribution in [0.15, 0.2) is 36.4 Å². The third kappa shape index (κ3) is 2.10. The van der Waals surface area contributed by atoms with Crippen LogP contribution in [0.2, 0.25) is 0 Å². The number of hydrogen-bond donors (Lipinski definition) is 1. The Morgan fingerprint density at radius 1 is 1.00 bits per heavy atom. The van der Waals surface area contributed by atoms with E-state index in [1.165, 1.54) is 23.8 Å². The summed E-state index contributed by atoms with van der Waals surface area (Å²) < 4.78 is 28.5. The molecule has 0 aliphatic carbocycles. The zero-order valence-electron chi connectivity index (χ0n) is 12.3. The Hall–Kier alpha value is -1.94. The molecule has 2 nitrogen and oxygen atoms in total. The molecular formula is C18H18F2N2. The first kappa shape index (κ1) is 13.7. The van der Waals surface area contributed by atoms with Crippen molar-refractivity contribution in [2.45, 2.75) is 18.9 Å². The van der Waals surface area contributed by atoms with Crippen LogP contribution in [0.5, 0.6) is 0 Å². The molecule has 1 saturated heterocycles. The zero-order chi connectivity index (χ0) is 15.1. The summed E-state index contributed by atoms with van der Waals surface area (Å²) >= 11 is 0. The van der Waals surface area contributed by atoms with Crippen LogP contribution in [-0.4, -0.2) is 25.7 Å². The van der Waals surface area contributed by atoms with Crippen molar-refractivity contribution in [3.8, 4) is 11.1 Å². The number of nitrogens with zero attached hydrogens (tertiary/aromatic N) is 1. The molecule has 0 bridgehead atoms. The molecular weight excluding hydrogens is 282 g/mol. The van der Waals surface area contributed by atoms with Crippen molar-refractivity contribution >= 4 is 5.69 Å². The van der Waals surface area contributed by atoms with Gasteiger partial charge in [0.05, 0.1) is 5.56 Å². The second kappa shape index (κ2) is 5.36. The molecule has 1 fully saturated rings. The number of rotatable bonds is 1. The topological polar surface area (TPSA) is 15.3 Å². The summed E-state index contributed by atoms with van der Waals surface area (Å²) in [4.78, 5) is 2.33. The van der Waals surface area contributed by atoms with Crippen LogP contribution in [0.3, 0.4) is 0 Å². The number of fused-ring (bicyclic) bond motifs is 3. The van der Waals surface area contributed by atoms with Crippen molar-refractivity contribution in [1.29, 1.82) is 0 Å². The van der Waals surface area contributed by atoms with Crippen molar-refractivity contribution in [2.75, 3.05) is 24.5 Å². The molecule has 2 aliphatic heterocycles. The van der Waals surface area contributed by atoms with Gasteiger partial charge in [-0.2, -0.15) is 0 Å². The van der Waals surface area contributed by atoms with Gasteiger partial charge in [0.1, 0.15) is 11.6 Å². The van der Waals surface area contributed by atoms with E-state index in [-0.39, 0.29) is 5.56 Å². The summed E-state index contributed by atoms with van der Waals surface area (Å²) in [5.41, 5.74) is 2.99. The Balaban J connectivity index is 1.89. The van der Waals surface area contributed by atoms with E-state index in [4.69, 9.17) is 0 Å². The highest BCUT2D eigenvalue weighted by atomic mass is 19.1. The summed E-state index contributed by atoms with van der Waals surface area (Å²) in [6.45, 7) is 2.79. The van der Waals surface area contributed by atoms with E-state index in [0.717, 1.165) is 38.2 Å². The molecule has 0 saturated carbocycles. The average Bonchev–Trinajstić information content (AvgIpc) is 2.70. The molecule has 4 rings (SSSR count). The van der Waals surface area contributed by atoms with Crippen molar-refractivity contribution in [2.24, 2.45) is 0 Å². The van der Waals surface area contributed by atoms with Crippen LogP contribution in [0.25, 0.3) is 11.1 Å². The van der Waals surface area contributed by atoms with Crippen LogP contribution in [-0.2, 0) is 6.42 Å². The summed E-state index contributed by atoms with van der Waals surface area (Å²) in [5.74, 6) is -0.991. The van der Waals surface area contributed by atoms with E-state index >= 15 is 0 Å². The van der Waals surface area contributed by atoms with Gasteiger partial charge < -0.3 is 10.2 Å². The van der Waals surface area contributed by atoms with Crippen LogP contribution in [0.4, 0.5) is 14.5 Å². The first-order valence-corrected chi connectivity index (χ1v) is 7.79. The van der Waals surface area contributed by atoms with Gasteiger partial charge in [-0.15, -0.1) is 0 Å². The van der Waals surface area contributed by atoms with Gasteiger partial charge in [0, 0.05) is 30.4 Å². The Kier molecular flexibility index (Phi) is 3.34. The second-order valence-corrected chi connectivity index (χ2v) is 6.00. The molecule has 2 heterocycles. The van der Waals surface area contributed by atoms with Gasteiger partial charge >= 0.3 is 0 Å². The van der Waals surface area contributed by atoms with Crippen LogP contribution < -0.4 is 10.2 Å². The van der Waals surface area contributed by atoms with Gasteiger partial charge in [-0.05, 0) is 37.1 Å². The molecule has 114 valence electrons. The minimum atomic E-state index is -0.496. The fraction of sp³-hybridized carbons (Fsp3) is 0.333. The Morgan fingerprint density at radius 2 is 1.77 bits per heavy atom. The molecule has 22 heavy (non-hydrogen) atoms. The predicted octanol–water partition coefficient (Wildman–Crippen LogP) is 3.36. The first-order valence-electron chi connectivity index (χ1n) is 7.79. The van der Waals surface area contributed by atoms with Gasteiger partial charge in [-0.1, -0.05) is 24.3 Å². The maximum atomic E-state index is 14.2. The lowest BCUT2D eigenvalue weighted by atomic mass is 9.99. The normalized spacial score (nSPS) is 20.5. The predicted molar refractivity (Wildman–Crippen MR) is 84.1 cm³/mol. The van der Waals surface area contributed by atoms with Gasteiger partial charge in [0.25, 0.3) is 0 Å². The number of anilines is 1. The summed E-state index contributed by atoms with van der Waals surface area (Å²) in [6, 6.07) is 10.3. The Morgan fingerprint density at radius 3 is 2.59 bits per heavy atom. The lowest BCUT2D eigenvalue weighted by Crippen LogP contribution is -2.33. The molecule has 4 heteroatoms. The molecule has 0 spiro atoms. The van der Waals surface area contributed by atoms with E-state index < -0.39 is 11.6 Å². The lowest BCUT2D eigenvalue weighted by Gasteiger charge is -2.26. The molecule has 1 N–H and O–H groups in total. The smallest absolute Gasteiger partial charge is 0.134 e. The maximum Gasteiger partial charge on any atom is 0.134 e. The molecule has 0 aromatic heterocycles. The van der Waals surface area contributed by atoms with Crippen LogP contribution >= 0.6 is 0 Å². The Bertz CT molecular complexity index is 694. The third-order valence-corrected chi connectivity index (χ3v) is 4.72. The second-order valence-electron chi connectivity index (χ2n) is 6.00.